The lowest BCUT2D eigenvalue weighted by molar-refractivity contribution is 0.640. The summed E-state index contributed by atoms with van der Waals surface area (Å²) >= 11 is 0. The summed E-state index contributed by atoms with van der Waals surface area (Å²) in [5, 5.41) is 7.66. The van der Waals surface area contributed by atoms with Crippen molar-refractivity contribution in [2.45, 2.75) is 33.1 Å². The molecule has 3 heteroatoms. The Balaban J connectivity index is 2.21. The molecule has 80 valence electrons. The lowest BCUT2D eigenvalue weighted by atomic mass is 10.1. The van der Waals surface area contributed by atoms with Gasteiger partial charge >= 0.3 is 0 Å². The van der Waals surface area contributed by atoms with E-state index in [0.717, 1.165) is 19.5 Å². The lowest BCUT2D eigenvalue weighted by Crippen LogP contribution is -2.13. The minimum Gasteiger partial charge on any atom is -0.317 e. The van der Waals surface area contributed by atoms with Crippen LogP contribution in [0.25, 0.3) is 0 Å². The van der Waals surface area contributed by atoms with Crippen molar-refractivity contribution in [1.82, 2.24) is 15.1 Å². The van der Waals surface area contributed by atoms with Crippen LogP contribution < -0.4 is 5.32 Å². The predicted molar refractivity (Wildman–Crippen MR) is 59.4 cm³/mol. The number of nitrogens with zero attached hydrogens (tertiary/aromatic N) is 2. The zero-order valence-electron chi connectivity index (χ0n) is 9.51. The molecule has 0 amide bonds. The first-order valence-electron chi connectivity index (χ1n) is 5.44. The van der Waals surface area contributed by atoms with E-state index in [0.29, 0.717) is 0 Å². The van der Waals surface area contributed by atoms with E-state index in [-0.39, 0.29) is 0 Å². The Kier molecular flexibility index (Phi) is 4.66. The molecule has 0 aliphatic carbocycles. The van der Waals surface area contributed by atoms with Crippen LogP contribution in [-0.2, 0) is 13.5 Å². The quantitative estimate of drug-likeness (QED) is 0.700. The summed E-state index contributed by atoms with van der Waals surface area (Å²) in [5.41, 5.74) is 2.57. The van der Waals surface area contributed by atoms with Crippen LogP contribution in [0.2, 0.25) is 0 Å². The minimum atomic E-state index is 1.08. The van der Waals surface area contributed by atoms with Gasteiger partial charge in [-0.25, -0.2) is 0 Å². The number of rotatable bonds is 6. The molecular weight excluding hydrogens is 174 g/mol. The second-order valence-corrected chi connectivity index (χ2v) is 3.72. The van der Waals surface area contributed by atoms with E-state index in [2.05, 4.69) is 30.5 Å². The topological polar surface area (TPSA) is 29.9 Å². The summed E-state index contributed by atoms with van der Waals surface area (Å²) in [4.78, 5) is 0. The highest BCUT2D eigenvalue weighted by Crippen LogP contribution is 2.08. The average molecular weight is 195 g/mol. The highest BCUT2D eigenvalue weighted by molar-refractivity contribution is 5.15. The number of hydrogen-bond acceptors (Lipinski definition) is 2. The van der Waals surface area contributed by atoms with Gasteiger partial charge in [-0.1, -0.05) is 6.92 Å². The molecule has 1 aromatic heterocycles. The standard InChI is InChI=1S/C11H21N3/c1-4-12-8-6-5-7-11-9-14(3)13-10(11)2/h9,12H,4-8H2,1-3H3. The van der Waals surface area contributed by atoms with Crippen LogP contribution in [0, 0.1) is 6.92 Å². The molecule has 0 saturated heterocycles. The molecule has 0 bridgehead atoms. The zero-order valence-corrected chi connectivity index (χ0v) is 9.51. The summed E-state index contributed by atoms with van der Waals surface area (Å²) in [6, 6.07) is 0. The number of nitrogens with one attached hydrogen (secondary N) is 1. The maximum Gasteiger partial charge on any atom is 0.0625 e. The van der Waals surface area contributed by atoms with Crippen LogP contribution in [0.3, 0.4) is 0 Å². The maximum absolute atomic E-state index is 4.33. The number of hydrogen-bond donors (Lipinski definition) is 1. The van der Waals surface area contributed by atoms with Gasteiger partial charge in [0.25, 0.3) is 0 Å². The molecule has 0 aliphatic rings. The highest BCUT2D eigenvalue weighted by Gasteiger charge is 2.01. The van der Waals surface area contributed by atoms with Crippen molar-refractivity contribution in [3.05, 3.63) is 17.5 Å². The molecular formula is C11H21N3. The molecule has 0 aromatic carbocycles. The molecule has 1 rings (SSSR count). The van der Waals surface area contributed by atoms with Crippen LogP contribution in [0.15, 0.2) is 6.20 Å². The van der Waals surface area contributed by atoms with E-state index in [9.17, 15) is 0 Å². The molecule has 0 spiro atoms. The van der Waals surface area contributed by atoms with Gasteiger partial charge in [0.15, 0.2) is 0 Å². The van der Waals surface area contributed by atoms with Crippen molar-refractivity contribution in [1.29, 1.82) is 0 Å². The second kappa shape index (κ2) is 5.81. The van der Waals surface area contributed by atoms with Crippen molar-refractivity contribution in [3.63, 3.8) is 0 Å². The molecule has 0 aliphatic heterocycles. The minimum absolute atomic E-state index is 1.08. The van der Waals surface area contributed by atoms with Crippen molar-refractivity contribution in [3.8, 4) is 0 Å². The number of unbranched alkanes of at least 4 members (excludes halogenated alkanes) is 1. The molecule has 0 unspecified atom stereocenters. The van der Waals surface area contributed by atoms with E-state index in [1.165, 1.54) is 24.1 Å². The first kappa shape index (κ1) is 11.2. The largest absolute Gasteiger partial charge is 0.317 e. The van der Waals surface area contributed by atoms with Gasteiger partial charge in [0, 0.05) is 13.2 Å². The molecule has 14 heavy (non-hydrogen) atoms. The Bertz CT molecular complexity index is 265. The number of aromatic nitrogens is 2. The van der Waals surface area contributed by atoms with Crippen molar-refractivity contribution < 1.29 is 0 Å². The summed E-state index contributed by atoms with van der Waals surface area (Å²) < 4.78 is 1.90. The van der Waals surface area contributed by atoms with Crippen molar-refractivity contribution in [2.24, 2.45) is 7.05 Å². The molecule has 0 saturated carbocycles. The molecule has 1 heterocycles. The molecule has 3 nitrogen and oxygen atoms in total. The van der Waals surface area contributed by atoms with Crippen molar-refractivity contribution in [2.75, 3.05) is 13.1 Å². The number of aryl methyl sites for hydroxylation is 3. The predicted octanol–water partition coefficient (Wildman–Crippen LogP) is 1.66. The summed E-state index contributed by atoms with van der Waals surface area (Å²) in [5.74, 6) is 0. The summed E-state index contributed by atoms with van der Waals surface area (Å²) in [6.07, 6.45) is 5.79. The Morgan fingerprint density at radius 1 is 1.43 bits per heavy atom. The third-order valence-electron chi connectivity index (χ3n) is 2.41. The van der Waals surface area contributed by atoms with Gasteiger partial charge in [-0.15, -0.1) is 0 Å². The smallest absolute Gasteiger partial charge is 0.0625 e. The van der Waals surface area contributed by atoms with Gasteiger partial charge < -0.3 is 5.32 Å². The molecule has 0 radical (unpaired) electrons. The third kappa shape index (κ3) is 3.50. The average Bonchev–Trinajstić information content (AvgIpc) is 2.45. The van der Waals surface area contributed by atoms with Gasteiger partial charge in [-0.05, 0) is 44.8 Å². The Morgan fingerprint density at radius 2 is 2.21 bits per heavy atom. The van der Waals surface area contributed by atoms with Crippen LogP contribution in [0.4, 0.5) is 0 Å². The van der Waals surface area contributed by atoms with E-state index in [1.807, 2.05) is 11.7 Å². The van der Waals surface area contributed by atoms with Crippen LogP contribution >= 0.6 is 0 Å². The fraction of sp³-hybridized carbons (Fsp3) is 0.727. The Morgan fingerprint density at radius 3 is 2.79 bits per heavy atom. The van der Waals surface area contributed by atoms with E-state index in [4.69, 9.17) is 0 Å². The molecule has 1 aromatic rings. The normalized spacial score (nSPS) is 10.8. The lowest BCUT2D eigenvalue weighted by Gasteiger charge is -2.00. The summed E-state index contributed by atoms with van der Waals surface area (Å²) in [7, 11) is 1.98. The third-order valence-corrected chi connectivity index (χ3v) is 2.41. The molecule has 0 atom stereocenters. The Hall–Kier alpha value is -0.830. The zero-order chi connectivity index (χ0) is 10.4. The Labute approximate surface area is 86.5 Å². The van der Waals surface area contributed by atoms with Crippen LogP contribution in [-0.4, -0.2) is 22.9 Å². The van der Waals surface area contributed by atoms with Crippen LogP contribution in [0.5, 0.6) is 0 Å². The fourth-order valence-electron chi connectivity index (χ4n) is 1.64. The first-order valence-corrected chi connectivity index (χ1v) is 5.44. The van der Waals surface area contributed by atoms with E-state index < -0.39 is 0 Å². The van der Waals surface area contributed by atoms with E-state index >= 15 is 0 Å². The highest BCUT2D eigenvalue weighted by atomic mass is 15.2. The van der Waals surface area contributed by atoms with Crippen molar-refractivity contribution >= 4 is 0 Å². The second-order valence-electron chi connectivity index (χ2n) is 3.72. The van der Waals surface area contributed by atoms with Gasteiger partial charge in [0.05, 0.1) is 5.69 Å². The van der Waals surface area contributed by atoms with Crippen LogP contribution in [0.1, 0.15) is 31.0 Å². The maximum atomic E-state index is 4.33. The van der Waals surface area contributed by atoms with E-state index in [1.54, 1.807) is 0 Å². The summed E-state index contributed by atoms with van der Waals surface area (Å²) in [6.45, 7) is 6.44. The van der Waals surface area contributed by atoms with Gasteiger partial charge in [0.1, 0.15) is 0 Å². The monoisotopic (exact) mass is 195 g/mol. The first-order chi connectivity index (χ1) is 6.74. The fourth-order valence-corrected chi connectivity index (χ4v) is 1.64. The molecule has 0 fully saturated rings. The SMILES string of the molecule is CCNCCCCc1cn(C)nc1C. The van der Waals surface area contributed by atoms with Gasteiger partial charge in [-0.3, -0.25) is 4.68 Å². The molecule has 1 N–H and O–H groups in total. The van der Waals surface area contributed by atoms with Gasteiger partial charge in [0.2, 0.25) is 0 Å². The van der Waals surface area contributed by atoms with Gasteiger partial charge in [-0.2, -0.15) is 5.10 Å².